The Morgan fingerprint density at radius 1 is 1.12 bits per heavy atom. The molecule has 1 unspecified atom stereocenters. The van der Waals surface area contributed by atoms with E-state index in [1.54, 1.807) is 19.2 Å². The Morgan fingerprint density at radius 2 is 1.91 bits per heavy atom. The van der Waals surface area contributed by atoms with Gasteiger partial charge in [0.25, 0.3) is 5.91 Å². The van der Waals surface area contributed by atoms with Crippen molar-refractivity contribution >= 4 is 35.8 Å². The van der Waals surface area contributed by atoms with Gasteiger partial charge >= 0.3 is 0 Å². The van der Waals surface area contributed by atoms with Crippen LogP contribution >= 0.6 is 24.0 Å². The van der Waals surface area contributed by atoms with E-state index in [1.807, 2.05) is 18.2 Å². The van der Waals surface area contributed by atoms with E-state index in [1.165, 1.54) is 0 Å². The molecule has 3 N–H and O–H groups in total. The van der Waals surface area contributed by atoms with Gasteiger partial charge in [-0.05, 0) is 37.1 Å². The number of ether oxygens (including phenoxy) is 2. The summed E-state index contributed by atoms with van der Waals surface area (Å²) in [5.41, 5.74) is 2.89. The van der Waals surface area contributed by atoms with Gasteiger partial charge in [-0.15, -0.1) is 24.0 Å². The van der Waals surface area contributed by atoms with Crippen LogP contribution in [0.3, 0.4) is 0 Å². The minimum atomic E-state index is -0.0838. The molecule has 3 rings (SSSR count). The zero-order valence-electron chi connectivity index (χ0n) is 18.7. The quantitative estimate of drug-likeness (QED) is 0.193. The highest BCUT2D eigenvalue weighted by Crippen LogP contribution is 2.22. The molecule has 1 aliphatic rings. The molecular weight excluding hydrogens is 519 g/mol. The monoisotopic (exact) mass is 552 g/mol. The molecule has 1 aliphatic heterocycles. The van der Waals surface area contributed by atoms with E-state index >= 15 is 0 Å². The van der Waals surface area contributed by atoms with E-state index in [0.29, 0.717) is 43.7 Å². The number of hydrogen-bond acceptors (Lipinski definition) is 4. The maximum Gasteiger partial charge on any atom is 0.251 e. The number of nitrogens with zero attached hydrogens (tertiary/aromatic N) is 1. The normalized spacial score (nSPS) is 15.6. The minimum absolute atomic E-state index is 0. The van der Waals surface area contributed by atoms with E-state index in [-0.39, 0.29) is 29.9 Å². The Hall–Kier alpha value is -2.33. The lowest BCUT2D eigenvalue weighted by atomic mass is 10.1. The van der Waals surface area contributed by atoms with E-state index < -0.39 is 0 Å². The lowest BCUT2D eigenvalue weighted by Gasteiger charge is -2.17. The number of amides is 1. The van der Waals surface area contributed by atoms with Crippen molar-refractivity contribution in [1.29, 1.82) is 0 Å². The predicted molar refractivity (Wildman–Crippen MR) is 138 cm³/mol. The van der Waals surface area contributed by atoms with Crippen molar-refractivity contribution in [3.63, 3.8) is 0 Å². The van der Waals surface area contributed by atoms with E-state index in [2.05, 4.69) is 46.1 Å². The number of benzene rings is 2. The van der Waals surface area contributed by atoms with Gasteiger partial charge in [-0.1, -0.05) is 30.3 Å². The average Bonchev–Trinajstić information content (AvgIpc) is 3.32. The Morgan fingerprint density at radius 3 is 2.62 bits per heavy atom. The van der Waals surface area contributed by atoms with Crippen molar-refractivity contribution in [1.82, 2.24) is 16.0 Å². The second-order valence-corrected chi connectivity index (χ2v) is 7.63. The van der Waals surface area contributed by atoms with Crippen LogP contribution < -0.4 is 20.7 Å². The van der Waals surface area contributed by atoms with Crippen LogP contribution in [-0.2, 0) is 11.3 Å². The van der Waals surface area contributed by atoms with Crippen molar-refractivity contribution in [3.8, 4) is 5.75 Å². The predicted octanol–water partition coefficient (Wildman–Crippen LogP) is 3.12. The number of guanidine groups is 1. The molecule has 0 saturated carbocycles. The van der Waals surface area contributed by atoms with Gasteiger partial charge in [-0.2, -0.15) is 0 Å². The molecule has 1 fully saturated rings. The fraction of sp³-hybridized carbons (Fsp3) is 0.417. The molecule has 1 atom stereocenters. The topological polar surface area (TPSA) is 84.0 Å². The third-order valence-electron chi connectivity index (χ3n) is 5.13. The van der Waals surface area contributed by atoms with Crippen LogP contribution in [0.2, 0.25) is 0 Å². The van der Waals surface area contributed by atoms with Crippen LogP contribution in [0.15, 0.2) is 53.5 Å². The molecule has 7 nitrogen and oxygen atoms in total. The SMILES string of the molecule is CN=C(NCCNC(=O)c1ccccc1)NCc1ccc(C)cc1OCC1CCOC1.I. The van der Waals surface area contributed by atoms with Crippen LogP contribution in [0.25, 0.3) is 0 Å². The molecule has 1 heterocycles. The first kappa shape index (κ1) is 25.9. The molecule has 0 aliphatic carbocycles. The summed E-state index contributed by atoms with van der Waals surface area (Å²) in [6, 6.07) is 15.4. The molecule has 1 amide bonds. The van der Waals surface area contributed by atoms with Gasteiger partial charge in [0.2, 0.25) is 0 Å². The van der Waals surface area contributed by atoms with Crippen molar-refractivity contribution in [3.05, 3.63) is 65.2 Å². The lowest BCUT2D eigenvalue weighted by Crippen LogP contribution is -2.41. The molecule has 32 heavy (non-hydrogen) atoms. The molecule has 2 aromatic rings. The summed E-state index contributed by atoms with van der Waals surface area (Å²) in [5.74, 6) is 1.94. The first-order valence-electron chi connectivity index (χ1n) is 10.7. The van der Waals surface area contributed by atoms with Gasteiger partial charge in [0.1, 0.15) is 5.75 Å². The molecule has 0 radical (unpaired) electrons. The standard InChI is InChI=1S/C24H32N4O3.HI/c1-18-8-9-21(22(14-18)31-17-19-10-13-30-16-19)15-28-24(25-2)27-12-11-26-23(29)20-6-4-3-5-7-20;/h3-9,14,19H,10-13,15-17H2,1-2H3,(H,26,29)(H2,25,27,28);1H. The molecule has 174 valence electrons. The summed E-state index contributed by atoms with van der Waals surface area (Å²) < 4.78 is 11.5. The van der Waals surface area contributed by atoms with Crippen molar-refractivity contribution < 1.29 is 14.3 Å². The average molecular weight is 552 g/mol. The van der Waals surface area contributed by atoms with Crippen LogP contribution in [0, 0.1) is 12.8 Å². The van der Waals surface area contributed by atoms with E-state index in [4.69, 9.17) is 9.47 Å². The van der Waals surface area contributed by atoms with Gasteiger partial charge in [0.15, 0.2) is 5.96 Å². The van der Waals surface area contributed by atoms with Crippen LogP contribution in [-0.4, -0.2) is 51.8 Å². The summed E-state index contributed by atoms with van der Waals surface area (Å²) in [6.45, 7) is 5.99. The van der Waals surface area contributed by atoms with Crippen molar-refractivity contribution in [2.45, 2.75) is 19.9 Å². The highest BCUT2D eigenvalue weighted by atomic mass is 127. The summed E-state index contributed by atoms with van der Waals surface area (Å²) in [4.78, 5) is 16.3. The van der Waals surface area contributed by atoms with Gasteiger partial charge < -0.3 is 25.4 Å². The highest BCUT2D eigenvalue weighted by molar-refractivity contribution is 14.0. The summed E-state index contributed by atoms with van der Waals surface area (Å²) in [6.07, 6.45) is 1.05. The number of hydrogen-bond donors (Lipinski definition) is 3. The van der Waals surface area contributed by atoms with Crippen LogP contribution in [0.4, 0.5) is 0 Å². The number of aliphatic imine (C=N–C) groups is 1. The summed E-state index contributed by atoms with van der Waals surface area (Å²) in [5, 5.41) is 9.43. The molecule has 0 spiro atoms. The molecule has 0 aromatic heterocycles. The van der Waals surface area contributed by atoms with Crippen molar-refractivity contribution in [2.75, 3.05) is 40.0 Å². The highest BCUT2D eigenvalue weighted by Gasteiger charge is 2.17. The first-order chi connectivity index (χ1) is 15.2. The van der Waals surface area contributed by atoms with Gasteiger partial charge in [0.05, 0.1) is 13.2 Å². The maximum atomic E-state index is 12.1. The lowest BCUT2D eigenvalue weighted by molar-refractivity contribution is 0.0954. The molecule has 2 aromatic carbocycles. The van der Waals surface area contributed by atoms with Crippen LogP contribution in [0.5, 0.6) is 5.75 Å². The Balaban J connectivity index is 0.00000363. The second kappa shape index (κ2) is 13.9. The first-order valence-corrected chi connectivity index (χ1v) is 10.7. The Bertz CT molecular complexity index is 871. The van der Waals surface area contributed by atoms with Gasteiger partial charge in [-0.3, -0.25) is 9.79 Å². The second-order valence-electron chi connectivity index (χ2n) is 7.63. The number of aryl methyl sites for hydroxylation is 1. The van der Waals surface area contributed by atoms with Crippen LogP contribution in [0.1, 0.15) is 27.9 Å². The summed E-state index contributed by atoms with van der Waals surface area (Å²) >= 11 is 0. The number of carbonyl (C=O) groups is 1. The van der Waals surface area contributed by atoms with E-state index in [0.717, 1.165) is 36.5 Å². The third-order valence-corrected chi connectivity index (χ3v) is 5.13. The zero-order chi connectivity index (χ0) is 21.9. The number of carbonyl (C=O) groups excluding carboxylic acids is 1. The fourth-order valence-electron chi connectivity index (χ4n) is 3.31. The molecular formula is C24H33IN4O3. The maximum absolute atomic E-state index is 12.1. The van der Waals surface area contributed by atoms with Gasteiger partial charge in [0, 0.05) is 50.3 Å². The molecule has 0 bridgehead atoms. The Labute approximate surface area is 207 Å². The molecule has 8 heteroatoms. The number of rotatable bonds is 9. The third kappa shape index (κ3) is 8.31. The van der Waals surface area contributed by atoms with Crippen molar-refractivity contribution in [2.24, 2.45) is 10.9 Å². The van der Waals surface area contributed by atoms with Gasteiger partial charge in [-0.25, -0.2) is 0 Å². The zero-order valence-corrected chi connectivity index (χ0v) is 21.1. The Kier molecular flexibility index (Phi) is 11.3. The fourth-order valence-corrected chi connectivity index (χ4v) is 3.31. The smallest absolute Gasteiger partial charge is 0.251 e. The number of nitrogens with one attached hydrogen (secondary N) is 3. The minimum Gasteiger partial charge on any atom is -0.493 e. The number of halogens is 1. The molecule has 1 saturated heterocycles. The summed E-state index contributed by atoms with van der Waals surface area (Å²) in [7, 11) is 1.73. The van der Waals surface area contributed by atoms with E-state index in [9.17, 15) is 4.79 Å². The largest absolute Gasteiger partial charge is 0.493 e.